The fraction of sp³-hybridized carbons (Fsp3) is 0.258. The van der Waals surface area contributed by atoms with E-state index in [9.17, 15) is 28.8 Å². The van der Waals surface area contributed by atoms with Gasteiger partial charge in [-0.1, -0.05) is 24.3 Å². The fourth-order valence-electron chi connectivity index (χ4n) is 4.92. The number of hydrogen-bond acceptors (Lipinski definition) is 9. The molecule has 0 saturated heterocycles. The Hall–Kier alpha value is -4.84. The van der Waals surface area contributed by atoms with Gasteiger partial charge in [0.05, 0.1) is 34.2 Å². The van der Waals surface area contributed by atoms with Crippen molar-refractivity contribution in [3.63, 3.8) is 0 Å². The van der Waals surface area contributed by atoms with Gasteiger partial charge in [0.15, 0.2) is 4.90 Å². The second-order valence-electron chi connectivity index (χ2n) is 10.3. The maximum atomic E-state index is 14.2. The normalized spacial score (nSPS) is 13.8. The summed E-state index contributed by atoms with van der Waals surface area (Å²) in [4.78, 5) is 21.2. The Balaban J connectivity index is 1.66. The Bertz CT molecular complexity index is 1900. The second kappa shape index (κ2) is 11.6. The summed E-state index contributed by atoms with van der Waals surface area (Å²) in [5, 5.41) is 29.8. The van der Waals surface area contributed by atoms with E-state index in [1.54, 1.807) is 30.3 Å². The standard InChI is InChI=1S/C31H27N5O5S/c1-19(2)41-18-27-35-30(37)29(31(38)36(27)28(22-6-7-22)23-5-3-4-20(14-23)15-32)42(39,40)25-10-8-21(9-11-25)26-12-13-34-17-24(26)16-33/h3-5,8-14,17,19,22,28,37H,6-7,18H2,1-2H3. The van der Waals surface area contributed by atoms with Gasteiger partial charge in [0.25, 0.3) is 5.56 Å². The largest absolute Gasteiger partial charge is 0.492 e. The second-order valence-corrected chi connectivity index (χ2v) is 12.2. The third kappa shape index (κ3) is 5.53. The van der Waals surface area contributed by atoms with Crippen LogP contribution in [0.4, 0.5) is 0 Å². The van der Waals surface area contributed by atoms with Crippen LogP contribution in [0.25, 0.3) is 11.1 Å². The molecule has 1 unspecified atom stereocenters. The topological polar surface area (TPSA) is 159 Å². The number of aromatic nitrogens is 3. The molecule has 212 valence electrons. The summed E-state index contributed by atoms with van der Waals surface area (Å²) < 4.78 is 34.8. The molecule has 2 aromatic heterocycles. The molecule has 10 nitrogen and oxygen atoms in total. The van der Waals surface area contributed by atoms with Crippen molar-refractivity contribution >= 4 is 9.84 Å². The summed E-state index contributed by atoms with van der Waals surface area (Å²) in [6.07, 6.45) is 4.31. The molecule has 42 heavy (non-hydrogen) atoms. The van der Waals surface area contributed by atoms with E-state index in [4.69, 9.17) is 4.74 Å². The highest BCUT2D eigenvalue weighted by Gasteiger charge is 2.39. The minimum absolute atomic E-state index is 0.00492. The molecule has 0 spiro atoms. The lowest BCUT2D eigenvalue weighted by Gasteiger charge is -2.25. The number of aromatic hydroxyl groups is 1. The van der Waals surface area contributed by atoms with Gasteiger partial charge in [-0.25, -0.2) is 8.42 Å². The highest BCUT2D eigenvalue weighted by Crippen LogP contribution is 2.44. The molecule has 1 fully saturated rings. The van der Waals surface area contributed by atoms with Gasteiger partial charge in [0, 0.05) is 18.0 Å². The molecule has 0 bridgehead atoms. The molecular formula is C31H27N5O5S. The highest BCUT2D eigenvalue weighted by molar-refractivity contribution is 7.91. The molecule has 1 N–H and O–H groups in total. The van der Waals surface area contributed by atoms with Gasteiger partial charge in [0.2, 0.25) is 15.7 Å². The molecule has 1 aliphatic rings. The van der Waals surface area contributed by atoms with E-state index >= 15 is 0 Å². The Morgan fingerprint density at radius 3 is 2.48 bits per heavy atom. The van der Waals surface area contributed by atoms with Crippen molar-refractivity contribution in [2.24, 2.45) is 5.92 Å². The van der Waals surface area contributed by atoms with Crippen LogP contribution >= 0.6 is 0 Å². The summed E-state index contributed by atoms with van der Waals surface area (Å²) in [6, 6.07) is 17.7. The number of nitrogens with zero attached hydrogens (tertiary/aromatic N) is 5. The van der Waals surface area contributed by atoms with Gasteiger partial charge in [-0.2, -0.15) is 15.5 Å². The number of sulfone groups is 1. The molecule has 1 atom stereocenters. The van der Waals surface area contributed by atoms with Crippen molar-refractivity contribution in [1.29, 1.82) is 10.5 Å². The van der Waals surface area contributed by atoms with Crippen LogP contribution < -0.4 is 5.56 Å². The Morgan fingerprint density at radius 2 is 1.83 bits per heavy atom. The zero-order valence-electron chi connectivity index (χ0n) is 22.9. The number of benzene rings is 2. The van der Waals surface area contributed by atoms with Gasteiger partial charge >= 0.3 is 0 Å². The van der Waals surface area contributed by atoms with Crippen LogP contribution in [-0.4, -0.2) is 34.2 Å². The number of ether oxygens (including phenoxy) is 1. The first kappa shape index (κ1) is 28.7. The van der Waals surface area contributed by atoms with Crippen LogP contribution in [0.15, 0.2) is 81.6 Å². The van der Waals surface area contributed by atoms with E-state index < -0.39 is 32.2 Å². The molecule has 1 aliphatic carbocycles. The zero-order valence-corrected chi connectivity index (χ0v) is 23.7. The molecule has 2 aromatic carbocycles. The third-order valence-corrected chi connectivity index (χ3v) is 8.85. The molecular weight excluding hydrogens is 554 g/mol. The Labute approximate surface area is 243 Å². The molecule has 0 radical (unpaired) electrons. The first-order valence-electron chi connectivity index (χ1n) is 13.3. The fourth-order valence-corrected chi connectivity index (χ4v) is 6.26. The quantitative estimate of drug-likeness (QED) is 0.300. The van der Waals surface area contributed by atoms with Gasteiger partial charge in [-0.05, 0) is 74.1 Å². The first-order valence-corrected chi connectivity index (χ1v) is 14.8. The number of nitriles is 2. The van der Waals surface area contributed by atoms with E-state index in [2.05, 4.69) is 22.1 Å². The van der Waals surface area contributed by atoms with Crippen LogP contribution in [-0.2, 0) is 21.2 Å². The van der Waals surface area contributed by atoms with E-state index in [0.29, 0.717) is 27.8 Å². The number of pyridine rings is 1. The summed E-state index contributed by atoms with van der Waals surface area (Å²) in [5.74, 6) is -0.823. The van der Waals surface area contributed by atoms with Gasteiger partial charge in [-0.3, -0.25) is 14.3 Å². The first-order chi connectivity index (χ1) is 20.1. The Morgan fingerprint density at radius 1 is 1.10 bits per heavy atom. The van der Waals surface area contributed by atoms with Crippen LogP contribution in [0.5, 0.6) is 5.88 Å². The lowest BCUT2D eigenvalue weighted by atomic mass is 9.99. The van der Waals surface area contributed by atoms with Crippen molar-refractivity contribution in [2.45, 2.75) is 55.2 Å². The van der Waals surface area contributed by atoms with Gasteiger partial charge < -0.3 is 9.84 Å². The molecule has 0 aliphatic heterocycles. The molecule has 2 heterocycles. The lowest BCUT2D eigenvalue weighted by Crippen LogP contribution is -2.35. The van der Waals surface area contributed by atoms with Crippen LogP contribution in [0, 0.1) is 28.6 Å². The van der Waals surface area contributed by atoms with Crippen LogP contribution in [0.1, 0.15) is 55.2 Å². The predicted molar refractivity (Wildman–Crippen MR) is 152 cm³/mol. The van der Waals surface area contributed by atoms with Gasteiger partial charge in [-0.15, -0.1) is 0 Å². The SMILES string of the molecule is CC(C)OCc1nc(O)c(S(=O)(=O)c2ccc(-c3ccncc3C#N)cc2)c(=O)n1C(c1cccc(C#N)c1)C1CC1. The van der Waals surface area contributed by atoms with E-state index in [-0.39, 0.29) is 29.3 Å². The van der Waals surface area contributed by atoms with E-state index in [1.807, 2.05) is 13.8 Å². The molecule has 0 amide bonds. The molecule has 5 rings (SSSR count). The van der Waals surface area contributed by atoms with Crippen molar-refractivity contribution in [3.8, 4) is 29.1 Å². The summed E-state index contributed by atoms with van der Waals surface area (Å²) >= 11 is 0. The van der Waals surface area contributed by atoms with Gasteiger partial charge in [0.1, 0.15) is 18.5 Å². The van der Waals surface area contributed by atoms with Crippen LogP contribution in [0.3, 0.4) is 0 Å². The average Bonchev–Trinajstić information content (AvgIpc) is 3.83. The monoisotopic (exact) mass is 581 g/mol. The average molecular weight is 582 g/mol. The summed E-state index contributed by atoms with van der Waals surface area (Å²) in [7, 11) is -4.54. The van der Waals surface area contributed by atoms with Crippen molar-refractivity contribution in [2.75, 3.05) is 0 Å². The maximum absolute atomic E-state index is 14.2. The Kier molecular flexibility index (Phi) is 7.90. The smallest absolute Gasteiger partial charge is 0.277 e. The molecule has 4 aromatic rings. The number of rotatable bonds is 9. The van der Waals surface area contributed by atoms with E-state index in [0.717, 1.165) is 12.8 Å². The minimum Gasteiger partial charge on any atom is -0.492 e. The molecule has 1 saturated carbocycles. The van der Waals surface area contributed by atoms with Crippen molar-refractivity contribution in [3.05, 3.63) is 99.9 Å². The number of hydrogen-bond donors (Lipinski definition) is 1. The zero-order chi connectivity index (χ0) is 30.0. The minimum atomic E-state index is -4.54. The van der Waals surface area contributed by atoms with Crippen molar-refractivity contribution < 1.29 is 18.3 Å². The third-order valence-electron chi connectivity index (χ3n) is 7.06. The van der Waals surface area contributed by atoms with Crippen LogP contribution in [0.2, 0.25) is 0 Å². The lowest BCUT2D eigenvalue weighted by molar-refractivity contribution is 0.0571. The highest BCUT2D eigenvalue weighted by atomic mass is 32.2. The summed E-state index contributed by atoms with van der Waals surface area (Å²) in [5.41, 5.74) is 1.62. The predicted octanol–water partition coefficient (Wildman–Crippen LogP) is 4.51. The maximum Gasteiger partial charge on any atom is 0.277 e. The molecule has 11 heteroatoms. The van der Waals surface area contributed by atoms with E-state index in [1.165, 1.54) is 41.2 Å². The summed E-state index contributed by atoms with van der Waals surface area (Å²) in [6.45, 7) is 3.49. The van der Waals surface area contributed by atoms with Crippen molar-refractivity contribution in [1.82, 2.24) is 14.5 Å².